The fraction of sp³-hybridized carbons (Fsp3) is 0.256. The minimum absolute atomic E-state index is 0.0314. The molecule has 2 aliphatic heterocycles. The fourth-order valence-electron chi connectivity index (χ4n) is 6.22. The topological polar surface area (TPSA) is 156 Å². The molecule has 0 bridgehead atoms. The molecule has 12 nitrogen and oxygen atoms in total. The van der Waals surface area contributed by atoms with Crippen molar-refractivity contribution in [3.8, 4) is 11.1 Å². The van der Waals surface area contributed by atoms with Crippen molar-refractivity contribution in [1.29, 1.82) is 0 Å². The molecule has 3 amide bonds. The van der Waals surface area contributed by atoms with Crippen LogP contribution in [0.2, 0.25) is 0 Å². The Morgan fingerprint density at radius 2 is 1.67 bits per heavy atom. The first-order chi connectivity index (χ1) is 25.4. The number of hydrogen-bond acceptors (Lipinski definition) is 10. The predicted octanol–water partition coefficient (Wildman–Crippen LogP) is 5.86. The van der Waals surface area contributed by atoms with Gasteiger partial charge in [0.25, 0.3) is 5.91 Å². The van der Waals surface area contributed by atoms with Gasteiger partial charge in [0.05, 0.1) is 31.8 Å². The van der Waals surface area contributed by atoms with Crippen LogP contribution in [0.1, 0.15) is 53.1 Å². The first kappa shape index (κ1) is 35.1. The standard InChI is InChI=1S/C39H37N5O7S/c45-21-25-12-14-28(15-13-25)34-18-32(23-52-38-40-24-41-43-38)50-37(51-34)31-11-5-10-30(17-31)29-9-4-8-27(16-29)20-44-35(46)19-33(36(44)47)42-39(48)49-22-26-6-2-1-3-7-26/h1-17,24,32-34,37,45H,18-23H2,(H,42,48)(H,40,41,43)/t32-,33?,34+,37+/m1/s1. The molecule has 2 fully saturated rings. The fourth-order valence-corrected chi connectivity index (χ4v) is 7.02. The van der Waals surface area contributed by atoms with Gasteiger partial charge in [0.15, 0.2) is 11.4 Å². The number of thioether (sulfide) groups is 1. The van der Waals surface area contributed by atoms with E-state index < -0.39 is 24.3 Å². The average molecular weight is 720 g/mol. The molecule has 5 aromatic rings. The number of nitrogens with zero attached hydrogens (tertiary/aromatic N) is 3. The van der Waals surface area contributed by atoms with E-state index in [1.807, 2.05) is 103 Å². The van der Waals surface area contributed by atoms with Gasteiger partial charge in [0.1, 0.15) is 19.0 Å². The van der Waals surface area contributed by atoms with E-state index in [0.29, 0.717) is 17.3 Å². The van der Waals surface area contributed by atoms with Crippen LogP contribution in [-0.2, 0) is 43.6 Å². The minimum atomic E-state index is -0.986. The van der Waals surface area contributed by atoms with Gasteiger partial charge < -0.3 is 24.6 Å². The summed E-state index contributed by atoms with van der Waals surface area (Å²) in [6, 6.07) is 31.6. The van der Waals surface area contributed by atoms with E-state index in [-0.39, 0.29) is 44.3 Å². The number of ether oxygens (including phenoxy) is 3. The zero-order chi connectivity index (χ0) is 35.9. The summed E-state index contributed by atoms with van der Waals surface area (Å²) >= 11 is 1.53. The van der Waals surface area contributed by atoms with Gasteiger partial charge in [-0.1, -0.05) is 103 Å². The van der Waals surface area contributed by atoms with Crippen molar-refractivity contribution in [2.75, 3.05) is 5.75 Å². The largest absolute Gasteiger partial charge is 0.445 e. The number of rotatable bonds is 12. The van der Waals surface area contributed by atoms with Gasteiger partial charge in [-0.3, -0.25) is 19.6 Å². The first-order valence-electron chi connectivity index (χ1n) is 16.9. The summed E-state index contributed by atoms with van der Waals surface area (Å²) in [6.45, 7) is 0.0936. The summed E-state index contributed by atoms with van der Waals surface area (Å²) in [5, 5.41) is 19.6. The molecule has 0 saturated carbocycles. The minimum Gasteiger partial charge on any atom is -0.445 e. The molecular weight excluding hydrogens is 683 g/mol. The van der Waals surface area contributed by atoms with E-state index >= 15 is 0 Å². The van der Waals surface area contributed by atoms with Gasteiger partial charge in [-0.25, -0.2) is 9.78 Å². The summed E-state index contributed by atoms with van der Waals surface area (Å²) in [5.74, 6) is -0.201. The summed E-state index contributed by atoms with van der Waals surface area (Å²) in [4.78, 5) is 43.9. The Labute approximate surface area is 304 Å². The number of amides is 3. The quantitative estimate of drug-likeness (QED) is 0.106. The van der Waals surface area contributed by atoms with Crippen LogP contribution in [0.4, 0.5) is 4.79 Å². The molecule has 0 aliphatic carbocycles. The number of carbonyl (C=O) groups is 3. The summed E-state index contributed by atoms with van der Waals surface area (Å²) in [5.41, 5.74) is 6.04. The lowest BCUT2D eigenvalue weighted by Crippen LogP contribution is -2.41. The summed E-state index contributed by atoms with van der Waals surface area (Å²) in [7, 11) is 0. The lowest BCUT2D eigenvalue weighted by atomic mass is 9.99. The van der Waals surface area contributed by atoms with E-state index in [1.165, 1.54) is 23.0 Å². The molecule has 13 heteroatoms. The van der Waals surface area contributed by atoms with E-state index in [4.69, 9.17) is 14.2 Å². The molecule has 2 aliphatic rings. The van der Waals surface area contributed by atoms with Crippen molar-refractivity contribution in [1.82, 2.24) is 25.4 Å². The van der Waals surface area contributed by atoms with Crippen molar-refractivity contribution in [3.05, 3.63) is 137 Å². The second kappa shape index (κ2) is 16.3. The van der Waals surface area contributed by atoms with E-state index in [0.717, 1.165) is 38.9 Å². The van der Waals surface area contributed by atoms with Gasteiger partial charge in [-0.2, -0.15) is 5.10 Å². The highest BCUT2D eigenvalue weighted by molar-refractivity contribution is 7.99. The highest BCUT2D eigenvalue weighted by atomic mass is 32.2. The number of H-pyrrole nitrogens is 1. The number of imide groups is 1. The van der Waals surface area contributed by atoms with Crippen LogP contribution in [-0.4, -0.2) is 61.0 Å². The van der Waals surface area contributed by atoms with Crippen LogP contribution >= 0.6 is 11.8 Å². The van der Waals surface area contributed by atoms with Gasteiger partial charge in [0.2, 0.25) is 5.91 Å². The molecular formula is C39H37N5O7S. The third-order valence-corrected chi connectivity index (χ3v) is 9.93. The summed E-state index contributed by atoms with van der Waals surface area (Å²) in [6.07, 6.45) is 0.188. The Morgan fingerprint density at radius 3 is 2.44 bits per heavy atom. The van der Waals surface area contributed by atoms with Crippen molar-refractivity contribution < 1.29 is 33.7 Å². The number of alkyl carbamates (subject to hydrolysis) is 1. The van der Waals surface area contributed by atoms with E-state index in [1.54, 1.807) is 0 Å². The van der Waals surface area contributed by atoms with Crippen LogP contribution in [0, 0.1) is 0 Å². The van der Waals surface area contributed by atoms with Crippen molar-refractivity contribution in [2.45, 2.75) is 62.3 Å². The molecule has 7 rings (SSSR count). The number of aromatic nitrogens is 3. The van der Waals surface area contributed by atoms with Crippen molar-refractivity contribution in [2.24, 2.45) is 0 Å². The molecule has 0 spiro atoms. The Morgan fingerprint density at radius 1 is 0.904 bits per heavy atom. The van der Waals surface area contributed by atoms with E-state index in [9.17, 15) is 19.5 Å². The molecule has 266 valence electrons. The van der Waals surface area contributed by atoms with Crippen molar-refractivity contribution >= 4 is 29.7 Å². The Kier molecular flexibility index (Phi) is 11.0. The van der Waals surface area contributed by atoms with Gasteiger partial charge >= 0.3 is 6.09 Å². The zero-order valence-corrected chi connectivity index (χ0v) is 28.9. The maximum atomic E-state index is 13.2. The maximum Gasteiger partial charge on any atom is 0.408 e. The maximum absolute atomic E-state index is 13.2. The Balaban J connectivity index is 1.03. The highest BCUT2D eigenvalue weighted by Crippen LogP contribution is 2.40. The lowest BCUT2D eigenvalue weighted by molar-refractivity contribution is -0.245. The Hall–Kier alpha value is -5.34. The van der Waals surface area contributed by atoms with Gasteiger partial charge in [-0.15, -0.1) is 0 Å². The lowest BCUT2D eigenvalue weighted by Gasteiger charge is -2.36. The van der Waals surface area contributed by atoms with Crippen LogP contribution in [0.5, 0.6) is 0 Å². The van der Waals surface area contributed by atoms with E-state index in [2.05, 4.69) is 20.5 Å². The molecule has 3 N–H and O–H groups in total. The first-order valence-corrected chi connectivity index (χ1v) is 17.9. The monoisotopic (exact) mass is 719 g/mol. The van der Waals surface area contributed by atoms with Crippen LogP contribution in [0.25, 0.3) is 11.1 Å². The zero-order valence-electron chi connectivity index (χ0n) is 28.1. The highest BCUT2D eigenvalue weighted by Gasteiger charge is 2.40. The molecule has 0 radical (unpaired) electrons. The number of aliphatic hydroxyl groups is 1. The molecule has 52 heavy (non-hydrogen) atoms. The number of nitrogens with one attached hydrogen (secondary N) is 2. The number of likely N-dealkylation sites (tertiary alicyclic amines) is 1. The van der Waals surface area contributed by atoms with Gasteiger partial charge in [-0.05, 0) is 45.5 Å². The second-order valence-corrected chi connectivity index (χ2v) is 13.6. The number of hydrogen-bond donors (Lipinski definition) is 3. The number of aliphatic hydroxyl groups excluding tert-OH is 1. The molecule has 2 saturated heterocycles. The third-order valence-electron chi connectivity index (χ3n) is 8.92. The van der Waals surface area contributed by atoms with Crippen molar-refractivity contribution in [3.63, 3.8) is 0 Å². The number of carbonyl (C=O) groups excluding carboxylic acids is 3. The molecule has 1 unspecified atom stereocenters. The molecule has 1 aromatic heterocycles. The van der Waals surface area contributed by atoms with Crippen LogP contribution < -0.4 is 5.32 Å². The second-order valence-electron chi connectivity index (χ2n) is 12.6. The average Bonchev–Trinajstić information content (AvgIpc) is 3.81. The third kappa shape index (κ3) is 8.57. The normalized spacial score (nSPS) is 20.2. The molecule has 4 atom stereocenters. The van der Waals surface area contributed by atoms with Gasteiger partial charge in [0, 0.05) is 17.7 Å². The molecule has 3 heterocycles. The number of benzene rings is 4. The number of aromatic amines is 1. The van der Waals surface area contributed by atoms with Crippen LogP contribution in [0.3, 0.4) is 0 Å². The van der Waals surface area contributed by atoms with Crippen LogP contribution in [0.15, 0.2) is 115 Å². The smallest absolute Gasteiger partial charge is 0.408 e. The molecule has 4 aromatic carbocycles. The Bertz CT molecular complexity index is 1990. The predicted molar refractivity (Wildman–Crippen MR) is 191 cm³/mol. The SMILES string of the molecule is O=C(NC1CC(=O)N(Cc2cccc(-c3cccc([C@H]4O[C@@H](CSc5ncn[nH]5)C[C@@H](c5ccc(CO)cc5)O4)c3)c2)C1=O)OCc1ccccc1. The summed E-state index contributed by atoms with van der Waals surface area (Å²) < 4.78 is 18.3.